The van der Waals surface area contributed by atoms with E-state index in [1.807, 2.05) is 24.3 Å². The summed E-state index contributed by atoms with van der Waals surface area (Å²) in [6.45, 7) is 1.74. The molecule has 0 bridgehead atoms. The number of hydrogen-bond donors (Lipinski definition) is 2. The molecule has 2 N–H and O–H groups in total. The van der Waals surface area contributed by atoms with Gasteiger partial charge in [-0.15, -0.1) is 24.0 Å². The molecule has 0 fully saturated rings. The van der Waals surface area contributed by atoms with Crippen LogP contribution < -0.4 is 15.5 Å². The summed E-state index contributed by atoms with van der Waals surface area (Å²) in [5.41, 5.74) is 3.71. The van der Waals surface area contributed by atoms with Gasteiger partial charge in [-0.3, -0.25) is 9.79 Å². The zero-order valence-electron chi connectivity index (χ0n) is 14.9. The van der Waals surface area contributed by atoms with Crippen molar-refractivity contribution in [2.45, 2.75) is 12.8 Å². The normalized spacial score (nSPS) is 13.0. The molecule has 138 valence electrons. The van der Waals surface area contributed by atoms with Crippen LogP contribution in [0, 0.1) is 0 Å². The number of nitrogens with one attached hydrogen (secondary N) is 2. The van der Waals surface area contributed by atoms with Gasteiger partial charge in [0.25, 0.3) is 0 Å². The minimum absolute atomic E-state index is 0. The number of fused-ring (bicyclic) bond motifs is 1. The maximum atomic E-state index is 12.1. The highest BCUT2D eigenvalue weighted by atomic mass is 127. The standard InChI is InChI=1S/C20H24N4O.HI/c1-21-20(24-14-12-17-9-5-6-10-18(17)24)23-15-19(25)22-13-11-16-7-3-2-4-8-16;/h2-10H,11-15H2,1H3,(H,21,23)(H,22,25);1H. The van der Waals surface area contributed by atoms with Gasteiger partial charge in [0.1, 0.15) is 0 Å². The summed E-state index contributed by atoms with van der Waals surface area (Å²) in [6.07, 6.45) is 1.83. The number of anilines is 1. The molecular formula is C20H25IN4O. The quantitative estimate of drug-likeness (QED) is 0.407. The molecule has 0 saturated heterocycles. The number of hydrogen-bond acceptors (Lipinski definition) is 2. The summed E-state index contributed by atoms with van der Waals surface area (Å²) < 4.78 is 0. The molecule has 26 heavy (non-hydrogen) atoms. The maximum Gasteiger partial charge on any atom is 0.239 e. The molecule has 1 heterocycles. The first kappa shape index (κ1) is 20.2. The van der Waals surface area contributed by atoms with Crippen LogP contribution in [0.5, 0.6) is 0 Å². The first-order valence-electron chi connectivity index (χ1n) is 8.64. The van der Waals surface area contributed by atoms with Crippen molar-refractivity contribution in [1.82, 2.24) is 10.6 Å². The number of benzene rings is 2. The summed E-state index contributed by atoms with van der Waals surface area (Å²) in [5, 5.41) is 6.11. The molecule has 1 amide bonds. The van der Waals surface area contributed by atoms with Crippen molar-refractivity contribution in [2.75, 3.05) is 31.6 Å². The summed E-state index contributed by atoms with van der Waals surface area (Å²) in [5.74, 6) is 0.715. The highest BCUT2D eigenvalue weighted by Gasteiger charge is 2.22. The van der Waals surface area contributed by atoms with Crippen LogP contribution in [0.2, 0.25) is 0 Å². The molecule has 0 aliphatic carbocycles. The predicted molar refractivity (Wildman–Crippen MR) is 117 cm³/mol. The largest absolute Gasteiger partial charge is 0.354 e. The Hall–Kier alpha value is -2.09. The lowest BCUT2D eigenvalue weighted by molar-refractivity contribution is -0.119. The van der Waals surface area contributed by atoms with Gasteiger partial charge >= 0.3 is 0 Å². The van der Waals surface area contributed by atoms with Crippen LogP contribution in [0.4, 0.5) is 5.69 Å². The average Bonchev–Trinajstić information content (AvgIpc) is 3.07. The minimum Gasteiger partial charge on any atom is -0.354 e. The number of amides is 1. The Kier molecular flexibility index (Phi) is 7.90. The third kappa shape index (κ3) is 5.20. The fourth-order valence-corrected chi connectivity index (χ4v) is 3.07. The van der Waals surface area contributed by atoms with E-state index in [-0.39, 0.29) is 36.4 Å². The lowest BCUT2D eigenvalue weighted by Gasteiger charge is -2.22. The van der Waals surface area contributed by atoms with Gasteiger partial charge in [0.2, 0.25) is 5.91 Å². The molecule has 1 aliphatic rings. The van der Waals surface area contributed by atoms with Gasteiger partial charge in [0.05, 0.1) is 6.54 Å². The molecule has 0 aromatic heterocycles. The van der Waals surface area contributed by atoms with Crippen LogP contribution in [-0.2, 0) is 17.6 Å². The van der Waals surface area contributed by atoms with Crippen molar-refractivity contribution < 1.29 is 4.79 Å². The van der Waals surface area contributed by atoms with Crippen LogP contribution in [0.3, 0.4) is 0 Å². The summed E-state index contributed by atoms with van der Waals surface area (Å²) in [7, 11) is 1.75. The van der Waals surface area contributed by atoms with Gasteiger partial charge in [-0.05, 0) is 30.0 Å². The van der Waals surface area contributed by atoms with Crippen LogP contribution in [-0.4, -0.2) is 38.5 Å². The smallest absolute Gasteiger partial charge is 0.239 e. The van der Waals surface area contributed by atoms with Crippen molar-refractivity contribution in [3.05, 3.63) is 65.7 Å². The van der Waals surface area contributed by atoms with Crippen LogP contribution in [0.15, 0.2) is 59.6 Å². The summed E-state index contributed by atoms with van der Waals surface area (Å²) in [6, 6.07) is 18.5. The third-order valence-corrected chi connectivity index (χ3v) is 4.34. The van der Waals surface area contributed by atoms with Crippen LogP contribution >= 0.6 is 24.0 Å². The molecule has 1 aliphatic heterocycles. The lowest BCUT2D eigenvalue weighted by atomic mass is 10.1. The molecule has 0 atom stereocenters. The highest BCUT2D eigenvalue weighted by Crippen LogP contribution is 2.27. The van der Waals surface area contributed by atoms with Gasteiger partial charge in [-0.1, -0.05) is 48.5 Å². The van der Waals surface area contributed by atoms with E-state index in [1.165, 1.54) is 16.8 Å². The van der Waals surface area contributed by atoms with E-state index >= 15 is 0 Å². The van der Waals surface area contributed by atoms with Gasteiger partial charge in [-0.2, -0.15) is 0 Å². The zero-order chi connectivity index (χ0) is 17.5. The summed E-state index contributed by atoms with van der Waals surface area (Å²) in [4.78, 5) is 18.5. The van der Waals surface area contributed by atoms with Crippen molar-refractivity contribution in [2.24, 2.45) is 4.99 Å². The number of carbonyl (C=O) groups excluding carboxylic acids is 1. The number of aliphatic imine (C=N–C) groups is 1. The number of carbonyl (C=O) groups is 1. The topological polar surface area (TPSA) is 56.7 Å². The van der Waals surface area contributed by atoms with Crippen LogP contribution in [0.25, 0.3) is 0 Å². The first-order chi connectivity index (χ1) is 12.3. The number of rotatable bonds is 5. The number of guanidine groups is 1. The average molecular weight is 464 g/mol. The van der Waals surface area contributed by atoms with Crippen molar-refractivity contribution in [3.8, 4) is 0 Å². The Morgan fingerprint density at radius 2 is 1.81 bits per heavy atom. The monoisotopic (exact) mass is 464 g/mol. The van der Waals surface area contributed by atoms with E-state index in [1.54, 1.807) is 7.05 Å². The predicted octanol–water partition coefficient (Wildman–Crippen LogP) is 2.60. The maximum absolute atomic E-state index is 12.1. The molecule has 0 radical (unpaired) electrons. The fraction of sp³-hybridized carbons (Fsp3) is 0.300. The molecule has 5 nitrogen and oxygen atoms in total. The number of halogens is 1. The Balaban J connectivity index is 0.00000243. The zero-order valence-corrected chi connectivity index (χ0v) is 17.3. The summed E-state index contributed by atoms with van der Waals surface area (Å²) >= 11 is 0. The first-order valence-corrected chi connectivity index (χ1v) is 8.64. The van der Waals surface area contributed by atoms with Crippen molar-refractivity contribution in [1.29, 1.82) is 0 Å². The molecule has 2 aromatic carbocycles. The molecule has 0 unspecified atom stereocenters. The number of para-hydroxylation sites is 1. The van der Waals surface area contributed by atoms with Gasteiger partial charge in [0, 0.05) is 25.8 Å². The third-order valence-electron chi connectivity index (χ3n) is 4.34. The van der Waals surface area contributed by atoms with Crippen molar-refractivity contribution >= 4 is 41.5 Å². The van der Waals surface area contributed by atoms with Gasteiger partial charge < -0.3 is 15.5 Å². The molecule has 2 aromatic rings. The van der Waals surface area contributed by atoms with E-state index in [4.69, 9.17) is 0 Å². The second-order valence-electron chi connectivity index (χ2n) is 6.02. The molecule has 3 rings (SSSR count). The highest BCUT2D eigenvalue weighted by molar-refractivity contribution is 14.0. The SMILES string of the molecule is CN=C(NCC(=O)NCCc1ccccc1)N1CCc2ccccc21.I. The van der Waals surface area contributed by atoms with E-state index < -0.39 is 0 Å². The fourth-order valence-electron chi connectivity index (χ4n) is 3.07. The van der Waals surface area contributed by atoms with Gasteiger partial charge in [-0.25, -0.2) is 0 Å². The van der Waals surface area contributed by atoms with E-state index in [9.17, 15) is 4.79 Å². The molecule has 6 heteroatoms. The Morgan fingerprint density at radius 3 is 2.58 bits per heavy atom. The minimum atomic E-state index is -0.0236. The van der Waals surface area contributed by atoms with E-state index in [2.05, 4.69) is 50.9 Å². The molecule has 0 spiro atoms. The second-order valence-corrected chi connectivity index (χ2v) is 6.02. The number of nitrogens with zero attached hydrogens (tertiary/aromatic N) is 2. The van der Waals surface area contributed by atoms with Crippen LogP contribution in [0.1, 0.15) is 11.1 Å². The molecule has 0 saturated carbocycles. The second kappa shape index (κ2) is 10.2. The lowest BCUT2D eigenvalue weighted by Crippen LogP contribution is -2.45. The van der Waals surface area contributed by atoms with Gasteiger partial charge in [0.15, 0.2) is 5.96 Å². The van der Waals surface area contributed by atoms with E-state index in [0.29, 0.717) is 6.54 Å². The van der Waals surface area contributed by atoms with Crippen molar-refractivity contribution in [3.63, 3.8) is 0 Å². The Morgan fingerprint density at radius 1 is 1.08 bits per heavy atom. The van der Waals surface area contributed by atoms with E-state index in [0.717, 1.165) is 25.3 Å². The Labute approximate surface area is 171 Å². The molecular weight excluding hydrogens is 439 g/mol. The Bertz CT molecular complexity index is 748.